The highest BCUT2D eigenvalue weighted by atomic mass is 35.5. The molecule has 22 heavy (non-hydrogen) atoms. The number of amides is 2. The SMILES string of the molecule is COCc1nc2n(n1)C[C@H](NC(=O)Nc1ccsc1Cl)CC2. The molecule has 2 aromatic heterocycles. The highest BCUT2D eigenvalue weighted by Gasteiger charge is 2.23. The number of halogens is 1. The van der Waals surface area contributed by atoms with Crippen molar-refractivity contribution < 1.29 is 9.53 Å². The minimum absolute atomic E-state index is 0.0157. The molecule has 0 bridgehead atoms. The first-order valence-corrected chi connectivity index (χ1v) is 8.13. The van der Waals surface area contributed by atoms with Crippen LogP contribution in [0.2, 0.25) is 4.34 Å². The second kappa shape index (κ2) is 6.64. The Labute approximate surface area is 136 Å². The summed E-state index contributed by atoms with van der Waals surface area (Å²) in [6.07, 6.45) is 1.61. The number of nitrogens with one attached hydrogen (secondary N) is 2. The van der Waals surface area contributed by atoms with Crippen LogP contribution < -0.4 is 10.6 Å². The minimum atomic E-state index is -0.258. The summed E-state index contributed by atoms with van der Waals surface area (Å²) >= 11 is 7.35. The van der Waals surface area contributed by atoms with Crippen molar-refractivity contribution in [2.45, 2.75) is 32.0 Å². The quantitative estimate of drug-likeness (QED) is 0.894. The first kappa shape index (κ1) is 15.3. The summed E-state index contributed by atoms with van der Waals surface area (Å²) in [7, 11) is 1.62. The van der Waals surface area contributed by atoms with Crippen LogP contribution >= 0.6 is 22.9 Å². The Morgan fingerprint density at radius 2 is 2.50 bits per heavy atom. The number of anilines is 1. The fourth-order valence-electron chi connectivity index (χ4n) is 2.39. The molecule has 1 atom stereocenters. The van der Waals surface area contributed by atoms with Gasteiger partial charge in [0.2, 0.25) is 0 Å². The number of aryl methyl sites for hydroxylation is 1. The van der Waals surface area contributed by atoms with E-state index in [9.17, 15) is 4.79 Å². The summed E-state index contributed by atoms with van der Waals surface area (Å²) in [4.78, 5) is 16.4. The highest BCUT2D eigenvalue weighted by molar-refractivity contribution is 7.15. The molecule has 0 unspecified atom stereocenters. The average molecular weight is 342 g/mol. The number of hydrogen-bond donors (Lipinski definition) is 2. The van der Waals surface area contributed by atoms with Crippen molar-refractivity contribution in [3.63, 3.8) is 0 Å². The molecular weight excluding hydrogens is 326 g/mol. The van der Waals surface area contributed by atoms with Crippen molar-refractivity contribution in [3.05, 3.63) is 27.4 Å². The normalized spacial score (nSPS) is 17.1. The number of rotatable bonds is 4. The van der Waals surface area contributed by atoms with Crippen molar-refractivity contribution in [2.24, 2.45) is 0 Å². The maximum atomic E-state index is 12.0. The maximum absolute atomic E-state index is 12.0. The van der Waals surface area contributed by atoms with Crippen LogP contribution in [0, 0.1) is 0 Å². The van der Waals surface area contributed by atoms with Gasteiger partial charge in [0.25, 0.3) is 0 Å². The summed E-state index contributed by atoms with van der Waals surface area (Å²) in [5, 5.41) is 11.9. The molecule has 3 heterocycles. The number of carbonyl (C=O) groups excluding carboxylic acids is 1. The van der Waals surface area contributed by atoms with Gasteiger partial charge in [0.15, 0.2) is 5.82 Å². The van der Waals surface area contributed by atoms with Gasteiger partial charge in [-0.15, -0.1) is 11.3 Å². The number of fused-ring (bicyclic) bond motifs is 1. The van der Waals surface area contributed by atoms with Crippen LogP contribution in [-0.2, 0) is 24.3 Å². The molecule has 0 fully saturated rings. The standard InChI is InChI=1S/C13H16ClN5O2S/c1-21-7-10-17-11-3-2-8(6-19(11)18-10)15-13(20)16-9-4-5-22-12(9)14/h4-5,8H,2-3,6-7H2,1H3,(H2,15,16,20)/t8-/m1/s1. The van der Waals surface area contributed by atoms with Crippen LogP contribution in [-0.4, -0.2) is 33.9 Å². The molecule has 1 aliphatic rings. The molecule has 2 N–H and O–H groups in total. The second-order valence-electron chi connectivity index (χ2n) is 5.00. The zero-order valence-electron chi connectivity index (χ0n) is 12.0. The van der Waals surface area contributed by atoms with Crippen LogP contribution in [0.3, 0.4) is 0 Å². The lowest BCUT2D eigenvalue weighted by Gasteiger charge is -2.23. The van der Waals surface area contributed by atoms with Crippen LogP contribution in [0.25, 0.3) is 0 Å². The van der Waals surface area contributed by atoms with Gasteiger partial charge in [0.05, 0.1) is 18.3 Å². The van der Waals surface area contributed by atoms with Crippen LogP contribution in [0.15, 0.2) is 11.4 Å². The molecule has 0 saturated heterocycles. The number of nitrogens with zero attached hydrogens (tertiary/aromatic N) is 3. The van der Waals surface area contributed by atoms with Crippen LogP contribution in [0.5, 0.6) is 0 Å². The van der Waals surface area contributed by atoms with Gasteiger partial charge >= 0.3 is 6.03 Å². The summed E-state index contributed by atoms with van der Waals surface area (Å²) in [6, 6.07) is 1.54. The van der Waals surface area contributed by atoms with Crippen molar-refractivity contribution in [1.82, 2.24) is 20.1 Å². The Kier molecular flexibility index (Phi) is 4.60. The molecule has 118 valence electrons. The third-order valence-electron chi connectivity index (χ3n) is 3.38. The largest absolute Gasteiger partial charge is 0.377 e. The van der Waals surface area contributed by atoms with Gasteiger partial charge in [-0.25, -0.2) is 14.5 Å². The Hall–Kier alpha value is -1.64. The summed E-state index contributed by atoms with van der Waals surface area (Å²) in [5.41, 5.74) is 0.629. The summed E-state index contributed by atoms with van der Waals surface area (Å²) in [6.45, 7) is 1.01. The van der Waals surface area contributed by atoms with Gasteiger partial charge in [-0.05, 0) is 17.9 Å². The van der Waals surface area contributed by atoms with Crippen molar-refractivity contribution >= 4 is 34.7 Å². The fourth-order valence-corrected chi connectivity index (χ4v) is 3.23. The third kappa shape index (κ3) is 3.40. The lowest BCUT2D eigenvalue weighted by Crippen LogP contribution is -2.43. The van der Waals surface area contributed by atoms with Gasteiger partial charge in [-0.2, -0.15) is 5.10 Å². The van der Waals surface area contributed by atoms with Gasteiger partial charge in [0, 0.05) is 13.5 Å². The number of hydrogen-bond acceptors (Lipinski definition) is 5. The zero-order chi connectivity index (χ0) is 15.5. The van der Waals surface area contributed by atoms with E-state index >= 15 is 0 Å². The predicted molar refractivity (Wildman–Crippen MR) is 84.3 cm³/mol. The third-order valence-corrected chi connectivity index (χ3v) is 4.55. The van der Waals surface area contributed by atoms with Crippen molar-refractivity contribution in [1.29, 1.82) is 0 Å². The number of methoxy groups -OCH3 is 1. The number of urea groups is 1. The molecule has 7 nitrogen and oxygen atoms in total. The Bertz CT molecular complexity index is 671. The first-order valence-electron chi connectivity index (χ1n) is 6.87. The zero-order valence-corrected chi connectivity index (χ0v) is 13.6. The minimum Gasteiger partial charge on any atom is -0.377 e. The lowest BCUT2D eigenvalue weighted by molar-refractivity contribution is 0.177. The fraction of sp³-hybridized carbons (Fsp3) is 0.462. The van der Waals surface area contributed by atoms with Crippen molar-refractivity contribution in [2.75, 3.05) is 12.4 Å². The van der Waals surface area contributed by atoms with E-state index in [1.165, 1.54) is 11.3 Å². The summed E-state index contributed by atoms with van der Waals surface area (Å²) in [5.74, 6) is 1.61. The molecule has 0 spiro atoms. The van der Waals surface area contributed by atoms with Crippen LogP contribution in [0.1, 0.15) is 18.1 Å². The molecular formula is C13H16ClN5O2S. The molecule has 0 aliphatic carbocycles. The van der Waals surface area contributed by atoms with E-state index in [1.807, 2.05) is 10.1 Å². The molecule has 0 saturated carbocycles. The number of ether oxygens (including phenoxy) is 1. The molecule has 0 aromatic carbocycles. The van der Waals surface area contributed by atoms with E-state index in [0.29, 0.717) is 29.0 Å². The Balaban J connectivity index is 1.58. The van der Waals surface area contributed by atoms with Crippen molar-refractivity contribution in [3.8, 4) is 0 Å². The molecule has 2 amide bonds. The smallest absolute Gasteiger partial charge is 0.319 e. The maximum Gasteiger partial charge on any atom is 0.319 e. The van der Waals surface area contributed by atoms with Gasteiger partial charge < -0.3 is 15.4 Å². The molecule has 3 rings (SSSR count). The first-order chi connectivity index (χ1) is 10.7. The van der Waals surface area contributed by atoms with E-state index in [1.54, 1.807) is 13.2 Å². The molecule has 1 aliphatic heterocycles. The molecule has 9 heteroatoms. The topological polar surface area (TPSA) is 81.1 Å². The van der Waals surface area contributed by atoms with E-state index < -0.39 is 0 Å². The molecule has 2 aromatic rings. The van der Waals surface area contributed by atoms with Gasteiger partial charge in [-0.3, -0.25) is 0 Å². The van der Waals surface area contributed by atoms with Crippen LogP contribution in [0.4, 0.5) is 10.5 Å². The molecule has 0 radical (unpaired) electrons. The van der Waals surface area contributed by atoms with Gasteiger partial charge in [0.1, 0.15) is 16.8 Å². The van der Waals surface area contributed by atoms with E-state index in [0.717, 1.165) is 18.7 Å². The number of carbonyl (C=O) groups is 1. The van der Waals surface area contributed by atoms with E-state index in [4.69, 9.17) is 16.3 Å². The number of aromatic nitrogens is 3. The monoisotopic (exact) mass is 341 g/mol. The average Bonchev–Trinajstić information content (AvgIpc) is 3.05. The van der Waals surface area contributed by atoms with E-state index in [2.05, 4.69) is 20.7 Å². The summed E-state index contributed by atoms with van der Waals surface area (Å²) < 4.78 is 7.44. The van der Waals surface area contributed by atoms with Gasteiger partial charge in [-0.1, -0.05) is 11.6 Å². The Morgan fingerprint density at radius 3 is 3.23 bits per heavy atom. The Morgan fingerprint density at radius 1 is 1.64 bits per heavy atom. The predicted octanol–water partition coefficient (Wildman–Crippen LogP) is 2.28. The van der Waals surface area contributed by atoms with E-state index in [-0.39, 0.29) is 12.1 Å². The highest BCUT2D eigenvalue weighted by Crippen LogP contribution is 2.27. The second-order valence-corrected chi connectivity index (χ2v) is 6.52. The lowest BCUT2D eigenvalue weighted by atomic mass is 10.1. The number of thiophene rings is 1.